The number of carbonyl (C=O) groups is 1. The van der Waals surface area contributed by atoms with Crippen LogP contribution in [0.2, 0.25) is 0 Å². The van der Waals surface area contributed by atoms with E-state index in [9.17, 15) is 9.90 Å². The van der Waals surface area contributed by atoms with Crippen molar-refractivity contribution < 1.29 is 19.4 Å². The minimum absolute atomic E-state index is 0.0738. The summed E-state index contributed by atoms with van der Waals surface area (Å²) in [6.07, 6.45) is 3.23. The van der Waals surface area contributed by atoms with Crippen LogP contribution in [0.25, 0.3) is 6.08 Å². The first kappa shape index (κ1) is 18.2. The van der Waals surface area contributed by atoms with E-state index < -0.39 is 0 Å². The van der Waals surface area contributed by atoms with Crippen molar-refractivity contribution in [2.45, 2.75) is 6.54 Å². The predicted octanol–water partition coefficient (Wildman–Crippen LogP) is 3.13. The molecule has 0 unspecified atom stereocenters. The first-order valence-electron chi connectivity index (χ1n) is 8.65. The van der Waals surface area contributed by atoms with E-state index in [1.807, 2.05) is 30.3 Å². The van der Waals surface area contributed by atoms with Crippen molar-refractivity contribution >= 4 is 11.9 Å². The Bertz CT molecular complexity index is 780. The van der Waals surface area contributed by atoms with Gasteiger partial charge in [-0.3, -0.25) is 9.69 Å². The summed E-state index contributed by atoms with van der Waals surface area (Å²) in [6, 6.07) is 12.8. The second kappa shape index (κ2) is 8.65. The van der Waals surface area contributed by atoms with Gasteiger partial charge in [-0.15, -0.1) is 0 Å². The summed E-state index contributed by atoms with van der Waals surface area (Å²) in [4.78, 5) is 14.8. The van der Waals surface area contributed by atoms with Gasteiger partial charge in [-0.05, 0) is 17.7 Å². The fourth-order valence-corrected chi connectivity index (χ4v) is 2.95. The highest BCUT2D eigenvalue weighted by atomic mass is 16.5. The third-order valence-electron chi connectivity index (χ3n) is 4.39. The third-order valence-corrected chi connectivity index (χ3v) is 4.39. The molecule has 136 valence electrons. The number of hydrogen-bond acceptors (Lipinski definition) is 5. The lowest BCUT2D eigenvalue weighted by molar-refractivity contribution is 0.0338. The van der Waals surface area contributed by atoms with Gasteiger partial charge in [0.05, 0.1) is 25.9 Å². The van der Waals surface area contributed by atoms with Crippen LogP contribution in [0.4, 0.5) is 0 Å². The van der Waals surface area contributed by atoms with Crippen molar-refractivity contribution in [3.63, 3.8) is 0 Å². The Hall–Kier alpha value is -2.63. The highest BCUT2D eigenvalue weighted by Gasteiger charge is 2.18. The van der Waals surface area contributed by atoms with Gasteiger partial charge in [-0.1, -0.05) is 36.4 Å². The van der Waals surface area contributed by atoms with Crippen molar-refractivity contribution in [3.8, 4) is 11.5 Å². The number of hydrogen-bond donors (Lipinski definition) is 1. The lowest BCUT2D eigenvalue weighted by Crippen LogP contribution is -2.35. The summed E-state index contributed by atoms with van der Waals surface area (Å²) in [5.41, 5.74) is 2.09. The van der Waals surface area contributed by atoms with Gasteiger partial charge >= 0.3 is 0 Å². The Labute approximate surface area is 153 Å². The quantitative estimate of drug-likeness (QED) is 0.639. The molecule has 2 aromatic carbocycles. The van der Waals surface area contributed by atoms with E-state index in [-0.39, 0.29) is 17.1 Å². The van der Waals surface area contributed by atoms with Gasteiger partial charge < -0.3 is 14.6 Å². The summed E-state index contributed by atoms with van der Waals surface area (Å²) in [6.45, 7) is 3.72. The molecule has 0 spiro atoms. The van der Waals surface area contributed by atoms with Gasteiger partial charge in [0, 0.05) is 31.3 Å². The van der Waals surface area contributed by atoms with E-state index in [1.54, 1.807) is 19.3 Å². The van der Waals surface area contributed by atoms with E-state index >= 15 is 0 Å². The fraction of sp³-hybridized carbons (Fsp3) is 0.286. The summed E-state index contributed by atoms with van der Waals surface area (Å²) in [5.74, 6) is 0.269. The molecule has 1 heterocycles. The Morgan fingerprint density at radius 2 is 1.96 bits per heavy atom. The zero-order valence-corrected chi connectivity index (χ0v) is 14.9. The number of ether oxygens (including phenoxy) is 2. The molecule has 1 aliphatic rings. The maximum Gasteiger partial charge on any atom is 0.189 e. The van der Waals surface area contributed by atoms with Crippen molar-refractivity contribution in [3.05, 3.63) is 65.2 Å². The van der Waals surface area contributed by atoms with Crippen molar-refractivity contribution in [1.29, 1.82) is 0 Å². The second-order valence-corrected chi connectivity index (χ2v) is 6.18. The number of ketones is 1. The fourth-order valence-electron chi connectivity index (χ4n) is 2.95. The molecule has 1 fully saturated rings. The van der Waals surface area contributed by atoms with Crippen LogP contribution in [0.3, 0.4) is 0 Å². The predicted molar refractivity (Wildman–Crippen MR) is 101 cm³/mol. The van der Waals surface area contributed by atoms with Crippen LogP contribution in [0.1, 0.15) is 21.5 Å². The SMILES string of the molecule is COc1cc(O)c(C(=O)/C=C/c2ccccc2)cc1CN1CCOCC1. The van der Waals surface area contributed by atoms with Gasteiger partial charge in [0.25, 0.3) is 0 Å². The zero-order chi connectivity index (χ0) is 18.4. The summed E-state index contributed by atoms with van der Waals surface area (Å²) >= 11 is 0. The topological polar surface area (TPSA) is 59.0 Å². The molecule has 0 saturated carbocycles. The highest BCUT2D eigenvalue weighted by Crippen LogP contribution is 2.30. The highest BCUT2D eigenvalue weighted by molar-refractivity contribution is 6.08. The molecule has 3 rings (SSSR count). The van der Waals surface area contributed by atoms with Crippen LogP contribution in [0, 0.1) is 0 Å². The third kappa shape index (κ3) is 4.50. The van der Waals surface area contributed by atoms with Gasteiger partial charge in [-0.25, -0.2) is 0 Å². The van der Waals surface area contributed by atoms with Crippen LogP contribution >= 0.6 is 0 Å². The Morgan fingerprint density at radius 1 is 1.23 bits per heavy atom. The van der Waals surface area contributed by atoms with Crippen molar-refractivity contribution in [1.82, 2.24) is 4.90 Å². The maximum atomic E-state index is 12.6. The van der Waals surface area contributed by atoms with Crippen LogP contribution < -0.4 is 4.74 Å². The molecule has 1 saturated heterocycles. The van der Waals surface area contributed by atoms with Gasteiger partial charge in [0.2, 0.25) is 0 Å². The molecule has 2 aromatic rings. The molecule has 0 aromatic heterocycles. The molecule has 5 nitrogen and oxygen atoms in total. The summed E-state index contributed by atoms with van der Waals surface area (Å²) in [5, 5.41) is 10.3. The molecule has 0 aliphatic carbocycles. The van der Waals surface area contributed by atoms with Gasteiger partial charge in [-0.2, -0.15) is 0 Å². The number of aromatic hydroxyl groups is 1. The normalized spacial score (nSPS) is 15.3. The minimum atomic E-state index is -0.239. The zero-order valence-electron chi connectivity index (χ0n) is 14.9. The number of morpholine rings is 1. The molecule has 0 bridgehead atoms. The molecule has 26 heavy (non-hydrogen) atoms. The average molecular weight is 353 g/mol. The molecule has 0 atom stereocenters. The molecule has 1 N–H and O–H groups in total. The van der Waals surface area contributed by atoms with Crippen molar-refractivity contribution in [2.24, 2.45) is 0 Å². The summed E-state index contributed by atoms with van der Waals surface area (Å²) in [7, 11) is 1.56. The average Bonchev–Trinajstić information content (AvgIpc) is 2.68. The Morgan fingerprint density at radius 3 is 2.65 bits per heavy atom. The smallest absolute Gasteiger partial charge is 0.189 e. The summed E-state index contributed by atoms with van der Waals surface area (Å²) < 4.78 is 10.8. The molecule has 5 heteroatoms. The first-order chi connectivity index (χ1) is 12.7. The number of methoxy groups -OCH3 is 1. The number of rotatable bonds is 6. The maximum absolute atomic E-state index is 12.6. The van der Waals surface area contributed by atoms with E-state index in [1.165, 1.54) is 12.1 Å². The van der Waals surface area contributed by atoms with E-state index in [2.05, 4.69) is 4.90 Å². The van der Waals surface area contributed by atoms with Gasteiger partial charge in [0.1, 0.15) is 11.5 Å². The van der Waals surface area contributed by atoms with E-state index in [0.29, 0.717) is 25.5 Å². The van der Waals surface area contributed by atoms with Crippen LogP contribution in [-0.4, -0.2) is 49.2 Å². The number of nitrogens with zero attached hydrogens (tertiary/aromatic N) is 1. The largest absolute Gasteiger partial charge is 0.507 e. The molecule has 0 amide bonds. The molecular formula is C21H23NO4. The lowest BCUT2D eigenvalue weighted by Gasteiger charge is -2.27. The second-order valence-electron chi connectivity index (χ2n) is 6.18. The molecule has 0 radical (unpaired) electrons. The Balaban J connectivity index is 1.82. The lowest BCUT2D eigenvalue weighted by atomic mass is 10.0. The first-order valence-corrected chi connectivity index (χ1v) is 8.65. The standard InChI is InChI=1S/C21H23NO4/c1-25-21-14-20(24)18(13-17(21)15-22-9-11-26-12-10-22)19(23)8-7-16-5-3-2-4-6-16/h2-8,13-14,24H,9-12,15H2,1H3/b8-7+. The van der Waals surface area contributed by atoms with Crippen LogP contribution in [0.15, 0.2) is 48.5 Å². The minimum Gasteiger partial charge on any atom is -0.507 e. The van der Waals surface area contributed by atoms with Crippen LogP contribution in [0.5, 0.6) is 11.5 Å². The van der Waals surface area contributed by atoms with E-state index in [4.69, 9.17) is 9.47 Å². The Kier molecular flexibility index (Phi) is 6.04. The molecule has 1 aliphatic heterocycles. The van der Waals surface area contributed by atoms with Gasteiger partial charge in [0.15, 0.2) is 5.78 Å². The number of phenols is 1. The molecular weight excluding hydrogens is 330 g/mol. The van der Waals surface area contributed by atoms with Crippen LogP contribution in [-0.2, 0) is 11.3 Å². The number of allylic oxidation sites excluding steroid dienone is 1. The number of benzene rings is 2. The monoisotopic (exact) mass is 353 g/mol. The van der Waals surface area contributed by atoms with Crippen molar-refractivity contribution in [2.75, 3.05) is 33.4 Å². The van der Waals surface area contributed by atoms with E-state index in [0.717, 1.165) is 24.2 Å². The number of phenolic OH excluding ortho intramolecular Hbond substituents is 1. The number of carbonyl (C=O) groups excluding carboxylic acids is 1.